The predicted molar refractivity (Wildman–Crippen MR) is 82.1 cm³/mol. The molecule has 1 fully saturated rings. The van der Waals surface area contributed by atoms with Crippen LogP contribution in [0.25, 0.3) is 11.0 Å². The van der Waals surface area contributed by atoms with Gasteiger partial charge in [-0.15, -0.1) is 11.8 Å². The van der Waals surface area contributed by atoms with E-state index in [1.807, 2.05) is 6.92 Å². The molecule has 6 nitrogen and oxygen atoms in total. The van der Waals surface area contributed by atoms with Gasteiger partial charge in [-0.05, 0) is 24.6 Å². The first kappa shape index (κ1) is 15.4. The molecule has 0 saturated carbocycles. The van der Waals surface area contributed by atoms with Crippen LogP contribution in [0.1, 0.15) is 5.56 Å². The van der Waals surface area contributed by atoms with Gasteiger partial charge in [-0.3, -0.25) is 0 Å². The van der Waals surface area contributed by atoms with Crippen LogP contribution in [0.2, 0.25) is 0 Å². The Morgan fingerprint density at radius 2 is 2.00 bits per heavy atom. The molecule has 4 atom stereocenters. The fourth-order valence-corrected chi connectivity index (χ4v) is 3.52. The third-order valence-electron chi connectivity index (χ3n) is 3.63. The highest BCUT2D eigenvalue weighted by molar-refractivity contribution is 7.99. The van der Waals surface area contributed by atoms with Crippen molar-refractivity contribution in [3.05, 3.63) is 40.2 Å². The molecule has 1 saturated heterocycles. The van der Waals surface area contributed by atoms with Gasteiger partial charge in [0.05, 0.1) is 6.10 Å². The van der Waals surface area contributed by atoms with Gasteiger partial charge in [-0.1, -0.05) is 0 Å². The molecule has 1 aliphatic heterocycles. The molecule has 2 aromatic rings. The molecule has 22 heavy (non-hydrogen) atoms. The molecular formula is C15H16O6S. The lowest BCUT2D eigenvalue weighted by Gasteiger charge is -2.34. The van der Waals surface area contributed by atoms with Crippen LogP contribution >= 0.6 is 11.8 Å². The van der Waals surface area contributed by atoms with Crippen molar-refractivity contribution in [3.63, 3.8) is 0 Å². The van der Waals surface area contributed by atoms with E-state index in [1.54, 1.807) is 18.2 Å². The van der Waals surface area contributed by atoms with Crippen molar-refractivity contribution in [2.75, 3.05) is 5.75 Å². The summed E-state index contributed by atoms with van der Waals surface area (Å²) in [4.78, 5) is 11.4. The number of hydrogen-bond donors (Lipinski definition) is 3. The van der Waals surface area contributed by atoms with Crippen LogP contribution in [0.3, 0.4) is 0 Å². The van der Waals surface area contributed by atoms with Gasteiger partial charge < -0.3 is 24.5 Å². The van der Waals surface area contributed by atoms with Gasteiger partial charge in [-0.25, -0.2) is 4.79 Å². The van der Waals surface area contributed by atoms with Crippen molar-refractivity contribution in [1.82, 2.24) is 0 Å². The minimum atomic E-state index is -1.24. The fourth-order valence-electron chi connectivity index (χ4n) is 2.40. The Labute approximate surface area is 130 Å². The largest absolute Gasteiger partial charge is 0.477 e. The lowest BCUT2D eigenvalue weighted by molar-refractivity contribution is -0.0786. The molecule has 1 aromatic carbocycles. The van der Waals surface area contributed by atoms with Gasteiger partial charge in [-0.2, -0.15) is 0 Å². The predicted octanol–water partition coefficient (Wildman–Crippen LogP) is 0.636. The standard InChI is InChI=1S/C15H16O6S/c1-7-4-12(17)21-11-5-8(2-3-9(7)11)20-15-14(19)13(18)10(16)6-22-15/h2-5,10,13-16,18-19H,6H2,1H3/t10-,13+,14-,15-/m1/s1. The van der Waals surface area contributed by atoms with Gasteiger partial charge in [0.25, 0.3) is 0 Å². The van der Waals surface area contributed by atoms with Crippen LogP contribution in [-0.4, -0.2) is 44.8 Å². The van der Waals surface area contributed by atoms with E-state index in [-0.39, 0.29) is 5.75 Å². The Bertz CT molecular complexity index is 742. The highest BCUT2D eigenvalue weighted by atomic mass is 32.2. The van der Waals surface area contributed by atoms with Gasteiger partial charge in [0.2, 0.25) is 0 Å². The van der Waals surface area contributed by atoms with Crippen molar-refractivity contribution >= 4 is 22.7 Å². The summed E-state index contributed by atoms with van der Waals surface area (Å²) in [5.41, 5.74) is 0.0713. The number of benzene rings is 1. The second-order valence-corrected chi connectivity index (χ2v) is 6.41. The minimum Gasteiger partial charge on any atom is -0.477 e. The molecular weight excluding hydrogens is 308 g/mol. The molecule has 0 unspecified atom stereocenters. The number of rotatable bonds is 2. The van der Waals surface area contributed by atoms with Crippen LogP contribution in [0, 0.1) is 6.92 Å². The maximum Gasteiger partial charge on any atom is 0.336 e. The van der Waals surface area contributed by atoms with E-state index in [2.05, 4.69) is 0 Å². The Morgan fingerprint density at radius 3 is 2.77 bits per heavy atom. The Hall–Kier alpha value is -1.54. The molecule has 0 spiro atoms. The molecule has 7 heteroatoms. The second kappa shape index (κ2) is 5.92. The molecule has 1 aromatic heterocycles. The number of aryl methyl sites for hydroxylation is 1. The number of aliphatic hydroxyl groups excluding tert-OH is 3. The highest BCUT2D eigenvalue weighted by Crippen LogP contribution is 2.30. The molecule has 0 amide bonds. The lowest BCUT2D eigenvalue weighted by atomic mass is 10.1. The van der Waals surface area contributed by atoms with Crippen LogP contribution in [0.4, 0.5) is 0 Å². The van der Waals surface area contributed by atoms with Gasteiger partial charge >= 0.3 is 5.63 Å². The summed E-state index contributed by atoms with van der Waals surface area (Å²) in [5, 5.41) is 29.9. The molecule has 0 radical (unpaired) electrons. The zero-order valence-corrected chi connectivity index (χ0v) is 12.6. The van der Waals surface area contributed by atoms with Crippen molar-refractivity contribution in [2.24, 2.45) is 0 Å². The first-order valence-corrected chi connectivity index (χ1v) is 7.87. The number of fused-ring (bicyclic) bond motifs is 1. The second-order valence-electron chi connectivity index (χ2n) is 5.27. The van der Waals surface area contributed by atoms with E-state index in [0.29, 0.717) is 11.3 Å². The molecule has 118 valence electrons. The van der Waals surface area contributed by atoms with E-state index < -0.39 is 29.4 Å². The van der Waals surface area contributed by atoms with Crippen molar-refractivity contribution in [3.8, 4) is 5.75 Å². The van der Waals surface area contributed by atoms with Gasteiger partial charge in [0, 0.05) is 23.3 Å². The quantitative estimate of drug-likeness (QED) is 0.697. The van der Waals surface area contributed by atoms with Crippen molar-refractivity contribution in [1.29, 1.82) is 0 Å². The SMILES string of the molecule is Cc1cc(=O)oc2cc(O[C@@H]3SC[C@@H](O)[C@H](O)[C@H]3O)ccc12. The summed E-state index contributed by atoms with van der Waals surface area (Å²) in [7, 11) is 0. The topological polar surface area (TPSA) is 100 Å². The normalized spacial score (nSPS) is 28.7. The zero-order chi connectivity index (χ0) is 15.9. The van der Waals surface area contributed by atoms with Gasteiger partial charge in [0.15, 0.2) is 5.44 Å². The molecule has 2 heterocycles. The number of ether oxygens (including phenoxy) is 1. The fraction of sp³-hybridized carbons (Fsp3) is 0.400. The van der Waals surface area contributed by atoms with Crippen LogP contribution in [-0.2, 0) is 0 Å². The minimum absolute atomic E-state index is 0.269. The monoisotopic (exact) mass is 324 g/mol. The Morgan fingerprint density at radius 1 is 1.23 bits per heavy atom. The smallest absolute Gasteiger partial charge is 0.336 e. The third kappa shape index (κ3) is 2.85. The van der Waals surface area contributed by atoms with E-state index in [0.717, 1.165) is 10.9 Å². The molecule has 1 aliphatic rings. The summed E-state index contributed by atoms with van der Waals surface area (Å²) in [5.74, 6) is 0.686. The third-order valence-corrected chi connectivity index (χ3v) is 4.87. The summed E-state index contributed by atoms with van der Waals surface area (Å²) in [6, 6.07) is 6.48. The van der Waals surface area contributed by atoms with E-state index in [1.165, 1.54) is 17.8 Å². The van der Waals surface area contributed by atoms with Crippen LogP contribution in [0.15, 0.2) is 33.5 Å². The highest BCUT2D eigenvalue weighted by Gasteiger charge is 2.38. The Balaban J connectivity index is 1.87. The summed E-state index contributed by atoms with van der Waals surface area (Å²) >= 11 is 1.22. The zero-order valence-electron chi connectivity index (χ0n) is 11.8. The summed E-state index contributed by atoms with van der Waals surface area (Å²) in [6.07, 6.45) is -3.42. The van der Waals surface area contributed by atoms with E-state index in [4.69, 9.17) is 9.15 Å². The first-order valence-electron chi connectivity index (χ1n) is 6.82. The van der Waals surface area contributed by atoms with E-state index in [9.17, 15) is 20.1 Å². The average molecular weight is 324 g/mol. The van der Waals surface area contributed by atoms with Crippen molar-refractivity contribution in [2.45, 2.75) is 30.7 Å². The maximum absolute atomic E-state index is 11.4. The number of thioether (sulfide) groups is 1. The van der Waals surface area contributed by atoms with Crippen molar-refractivity contribution < 1.29 is 24.5 Å². The molecule has 0 bridgehead atoms. The van der Waals surface area contributed by atoms with Crippen LogP contribution in [0.5, 0.6) is 5.75 Å². The van der Waals surface area contributed by atoms with Gasteiger partial charge in [0.1, 0.15) is 23.5 Å². The molecule has 3 N–H and O–H groups in total. The molecule has 0 aliphatic carbocycles. The Kier molecular flexibility index (Phi) is 4.14. The van der Waals surface area contributed by atoms with Crippen LogP contribution < -0.4 is 10.4 Å². The molecule has 3 rings (SSSR count). The first-order chi connectivity index (χ1) is 10.5. The number of hydrogen-bond acceptors (Lipinski definition) is 7. The lowest BCUT2D eigenvalue weighted by Crippen LogP contribution is -2.50. The van der Waals surface area contributed by atoms with E-state index >= 15 is 0 Å². The average Bonchev–Trinajstić information content (AvgIpc) is 2.47. The number of aliphatic hydroxyl groups is 3. The summed E-state index contributed by atoms with van der Waals surface area (Å²) in [6.45, 7) is 1.82. The maximum atomic E-state index is 11.4. The summed E-state index contributed by atoms with van der Waals surface area (Å²) < 4.78 is 10.8.